The minimum absolute atomic E-state index is 0.0561. The Morgan fingerprint density at radius 1 is 1.38 bits per heavy atom. The second-order valence-electron chi connectivity index (χ2n) is 3.45. The fourth-order valence-corrected chi connectivity index (χ4v) is 1.60. The zero-order valence-electron chi connectivity index (χ0n) is 8.46. The van der Waals surface area contributed by atoms with Gasteiger partial charge in [0.25, 0.3) is 0 Å². The topological polar surface area (TPSA) is 23.8 Å². The Morgan fingerprint density at radius 2 is 2.08 bits per heavy atom. The van der Waals surface area contributed by atoms with Crippen LogP contribution in [-0.2, 0) is 0 Å². The predicted molar refractivity (Wildman–Crippen MR) is 54.6 cm³/mol. The second-order valence-corrected chi connectivity index (χ2v) is 3.45. The van der Waals surface area contributed by atoms with Crippen molar-refractivity contribution in [3.8, 4) is 6.07 Å². The maximum Gasteiger partial charge on any atom is 0.0712 e. The number of nitriles is 1. The standard InChI is InChI=1S/C12H15N/c1-4-11(8-13)12-6-5-9(2)7-10(12)3/h5-7,11H,4H2,1-3H3. The Bertz CT molecular complexity index is 333. The fraction of sp³-hybridized carbons (Fsp3) is 0.417. The van der Waals surface area contributed by atoms with E-state index in [2.05, 4.69) is 38.1 Å². The lowest BCUT2D eigenvalue weighted by Gasteiger charge is -2.10. The lowest BCUT2D eigenvalue weighted by Crippen LogP contribution is -1.97. The van der Waals surface area contributed by atoms with E-state index >= 15 is 0 Å². The van der Waals surface area contributed by atoms with Gasteiger partial charge in [0.15, 0.2) is 0 Å². The number of benzene rings is 1. The Kier molecular flexibility index (Phi) is 3.08. The van der Waals surface area contributed by atoms with E-state index in [0.29, 0.717) is 0 Å². The molecule has 0 amide bonds. The molecule has 0 bridgehead atoms. The average Bonchev–Trinajstić information content (AvgIpc) is 2.10. The molecule has 1 atom stereocenters. The van der Waals surface area contributed by atoms with Crippen molar-refractivity contribution in [2.45, 2.75) is 33.1 Å². The smallest absolute Gasteiger partial charge is 0.0712 e. The van der Waals surface area contributed by atoms with Crippen molar-refractivity contribution in [3.05, 3.63) is 34.9 Å². The van der Waals surface area contributed by atoms with Gasteiger partial charge in [-0.2, -0.15) is 5.26 Å². The molecule has 68 valence electrons. The molecule has 0 saturated heterocycles. The van der Waals surface area contributed by atoms with E-state index in [1.54, 1.807) is 0 Å². The van der Waals surface area contributed by atoms with Crippen LogP contribution in [0.1, 0.15) is 36.0 Å². The van der Waals surface area contributed by atoms with E-state index in [-0.39, 0.29) is 5.92 Å². The van der Waals surface area contributed by atoms with Gasteiger partial charge < -0.3 is 0 Å². The van der Waals surface area contributed by atoms with Crippen LogP contribution >= 0.6 is 0 Å². The summed E-state index contributed by atoms with van der Waals surface area (Å²) in [7, 11) is 0. The summed E-state index contributed by atoms with van der Waals surface area (Å²) >= 11 is 0. The molecule has 0 spiro atoms. The summed E-state index contributed by atoms with van der Waals surface area (Å²) in [5.41, 5.74) is 3.66. The van der Waals surface area contributed by atoms with Crippen LogP contribution in [0.25, 0.3) is 0 Å². The molecule has 1 aromatic rings. The van der Waals surface area contributed by atoms with Crippen LogP contribution in [0.2, 0.25) is 0 Å². The molecule has 0 fully saturated rings. The molecule has 0 aromatic heterocycles. The molecular weight excluding hydrogens is 158 g/mol. The molecule has 1 rings (SSSR count). The van der Waals surface area contributed by atoms with Gasteiger partial charge in [0.2, 0.25) is 0 Å². The Hall–Kier alpha value is -1.29. The van der Waals surface area contributed by atoms with E-state index in [4.69, 9.17) is 5.26 Å². The molecule has 1 aromatic carbocycles. The van der Waals surface area contributed by atoms with Gasteiger partial charge in [-0.3, -0.25) is 0 Å². The van der Waals surface area contributed by atoms with E-state index in [0.717, 1.165) is 6.42 Å². The normalized spacial score (nSPS) is 12.2. The predicted octanol–water partition coefficient (Wildman–Crippen LogP) is 3.32. The molecule has 0 radical (unpaired) electrons. The van der Waals surface area contributed by atoms with Crippen molar-refractivity contribution in [3.63, 3.8) is 0 Å². The van der Waals surface area contributed by atoms with Gasteiger partial charge >= 0.3 is 0 Å². The maximum absolute atomic E-state index is 8.92. The van der Waals surface area contributed by atoms with Crippen LogP contribution < -0.4 is 0 Å². The summed E-state index contributed by atoms with van der Waals surface area (Å²) < 4.78 is 0. The van der Waals surface area contributed by atoms with Crippen LogP contribution in [0.3, 0.4) is 0 Å². The first-order valence-electron chi connectivity index (χ1n) is 4.65. The monoisotopic (exact) mass is 173 g/mol. The minimum atomic E-state index is 0.0561. The summed E-state index contributed by atoms with van der Waals surface area (Å²) in [6.45, 7) is 6.19. The van der Waals surface area contributed by atoms with Gasteiger partial charge in [0, 0.05) is 0 Å². The highest BCUT2D eigenvalue weighted by Gasteiger charge is 2.09. The zero-order valence-corrected chi connectivity index (χ0v) is 8.46. The quantitative estimate of drug-likeness (QED) is 0.673. The van der Waals surface area contributed by atoms with Crippen molar-refractivity contribution < 1.29 is 0 Å². The first-order chi connectivity index (χ1) is 6.19. The zero-order chi connectivity index (χ0) is 9.84. The molecule has 13 heavy (non-hydrogen) atoms. The van der Waals surface area contributed by atoms with Crippen LogP contribution in [0, 0.1) is 25.2 Å². The van der Waals surface area contributed by atoms with Gasteiger partial charge in [-0.05, 0) is 31.4 Å². The lowest BCUT2D eigenvalue weighted by atomic mass is 9.93. The first kappa shape index (κ1) is 9.80. The highest BCUT2D eigenvalue weighted by atomic mass is 14.3. The summed E-state index contributed by atoms with van der Waals surface area (Å²) in [4.78, 5) is 0. The Balaban J connectivity index is 3.09. The third-order valence-corrected chi connectivity index (χ3v) is 2.36. The number of hydrogen-bond donors (Lipinski definition) is 0. The molecule has 0 aliphatic rings. The third-order valence-electron chi connectivity index (χ3n) is 2.36. The van der Waals surface area contributed by atoms with E-state index in [1.807, 2.05) is 6.92 Å². The Morgan fingerprint density at radius 3 is 2.54 bits per heavy atom. The summed E-state index contributed by atoms with van der Waals surface area (Å²) in [5.74, 6) is 0.0561. The molecule has 0 aliphatic heterocycles. The minimum Gasteiger partial charge on any atom is -0.198 e. The molecule has 1 heteroatoms. The first-order valence-corrected chi connectivity index (χ1v) is 4.65. The van der Waals surface area contributed by atoms with Crippen molar-refractivity contribution in [2.75, 3.05) is 0 Å². The van der Waals surface area contributed by atoms with Crippen molar-refractivity contribution >= 4 is 0 Å². The Labute approximate surface area is 80.0 Å². The summed E-state index contributed by atoms with van der Waals surface area (Å²) in [5, 5.41) is 8.92. The number of hydrogen-bond acceptors (Lipinski definition) is 1. The van der Waals surface area contributed by atoms with Crippen molar-refractivity contribution in [2.24, 2.45) is 0 Å². The molecule has 1 unspecified atom stereocenters. The molecule has 0 aliphatic carbocycles. The van der Waals surface area contributed by atoms with Gasteiger partial charge in [-0.15, -0.1) is 0 Å². The highest BCUT2D eigenvalue weighted by Crippen LogP contribution is 2.22. The molecule has 0 N–H and O–H groups in total. The van der Waals surface area contributed by atoms with Gasteiger partial charge in [-0.25, -0.2) is 0 Å². The van der Waals surface area contributed by atoms with Crippen molar-refractivity contribution in [1.82, 2.24) is 0 Å². The average molecular weight is 173 g/mol. The number of rotatable bonds is 2. The van der Waals surface area contributed by atoms with Crippen LogP contribution in [0.5, 0.6) is 0 Å². The number of nitrogens with zero attached hydrogens (tertiary/aromatic N) is 1. The van der Waals surface area contributed by atoms with Gasteiger partial charge in [-0.1, -0.05) is 30.7 Å². The number of aryl methyl sites for hydroxylation is 2. The molecule has 1 nitrogen and oxygen atoms in total. The summed E-state index contributed by atoms with van der Waals surface area (Å²) in [6, 6.07) is 8.61. The summed E-state index contributed by atoms with van der Waals surface area (Å²) in [6.07, 6.45) is 0.889. The van der Waals surface area contributed by atoms with E-state index < -0.39 is 0 Å². The highest BCUT2D eigenvalue weighted by molar-refractivity contribution is 5.35. The SMILES string of the molecule is CCC(C#N)c1ccc(C)cc1C. The van der Waals surface area contributed by atoms with Crippen LogP contribution in [0.15, 0.2) is 18.2 Å². The second kappa shape index (κ2) is 4.09. The van der Waals surface area contributed by atoms with E-state index in [9.17, 15) is 0 Å². The largest absolute Gasteiger partial charge is 0.198 e. The lowest BCUT2D eigenvalue weighted by molar-refractivity contribution is 0.811. The maximum atomic E-state index is 8.92. The van der Waals surface area contributed by atoms with Crippen molar-refractivity contribution in [1.29, 1.82) is 5.26 Å². The third kappa shape index (κ3) is 2.09. The fourth-order valence-electron chi connectivity index (χ4n) is 1.60. The van der Waals surface area contributed by atoms with Gasteiger partial charge in [0.1, 0.15) is 0 Å². The van der Waals surface area contributed by atoms with Gasteiger partial charge in [0.05, 0.1) is 12.0 Å². The molecular formula is C12H15N. The van der Waals surface area contributed by atoms with Crippen LogP contribution in [0.4, 0.5) is 0 Å². The van der Waals surface area contributed by atoms with E-state index in [1.165, 1.54) is 16.7 Å². The molecule has 0 heterocycles. The molecule has 0 saturated carbocycles. The van der Waals surface area contributed by atoms with Crippen LogP contribution in [-0.4, -0.2) is 0 Å².